The maximum atomic E-state index is 12.2. The minimum absolute atomic E-state index is 0.138. The average Bonchev–Trinajstić information content (AvgIpc) is 2.07. The van der Waals surface area contributed by atoms with Gasteiger partial charge in [-0.15, -0.1) is 0 Å². The summed E-state index contributed by atoms with van der Waals surface area (Å²) < 4.78 is 24.4. The molecule has 0 aliphatic heterocycles. The summed E-state index contributed by atoms with van der Waals surface area (Å²) in [5, 5.41) is -0.190. The van der Waals surface area contributed by atoms with Crippen molar-refractivity contribution < 1.29 is 13.6 Å². The van der Waals surface area contributed by atoms with Crippen molar-refractivity contribution in [2.24, 2.45) is 0 Å². The number of aromatic amines is 1. The van der Waals surface area contributed by atoms with E-state index in [9.17, 15) is 18.4 Å². The lowest BCUT2D eigenvalue weighted by atomic mass is 10.1. The Kier molecular flexibility index (Phi) is 2.77. The number of carbonyl (C=O) groups excluding carboxylic acids is 1. The molecule has 0 saturated carbocycles. The SMILES string of the molecule is O=Cc1c(Cl)c[nH]c(=O)c1C(F)F. The molecule has 3 nitrogen and oxygen atoms in total. The van der Waals surface area contributed by atoms with Crippen molar-refractivity contribution in [3.63, 3.8) is 0 Å². The molecule has 1 N–H and O–H groups in total. The van der Waals surface area contributed by atoms with E-state index >= 15 is 0 Å². The smallest absolute Gasteiger partial charge is 0.269 e. The molecule has 0 amide bonds. The van der Waals surface area contributed by atoms with E-state index < -0.39 is 23.1 Å². The number of nitrogens with one attached hydrogen (secondary N) is 1. The molecular weight excluding hydrogens is 204 g/mol. The molecule has 1 aromatic heterocycles. The maximum absolute atomic E-state index is 12.2. The van der Waals surface area contributed by atoms with E-state index in [-0.39, 0.29) is 11.3 Å². The van der Waals surface area contributed by atoms with Gasteiger partial charge in [0.25, 0.3) is 12.0 Å². The molecule has 0 unspecified atom stereocenters. The summed E-state index contributed by atoms with van der Waals surface area (Å²) in [6, 6.07) is 0. The van der Waals surface area contributed by atoms with Crippen molar-refractivity contribution in [2.75, 3.05) is 0 Å². The Morgan fingerprint density at radius 3 is 2.54 bits per heavy atom. The fraction of sp³-hybridized carbons (Fsp3) is 0.143. The van der Waals surface area contributed by atoms with E-state index in [0.717, 1.165) is 6.20 Å². The molecule has 1 heterocycles. The first-order chi connectivity index (χ1) is 6.07. The number of halogens is 3. The lowest BCUT2D eigenvalue weighted by molar-refractivity contribution is 0.110. The summed E-state index contributed by atoms with van der Waals surface area (Å²) in [6.07, 6.45) is -1.87. The number of pyridine rings is 1. The standard InChI is InChI=1S/C7H4ClF2NO2/c8-4-1-11-7(13)5(6(9)10)3(4)2-12/h1-2,6H,(H,11,13). The summed E-state index contributed by atoms with van der Waals surface area (Å²) in [5.41, 5.74) is -2.34. The summed E-state index contributed by atoms with van der Waals surface area (Å²) in [6.45, 7) is 0. The first-order valence-corrected chi connectivity index (χ1v) is 3.60. The van der Waals surface area contributed by atoms with Crippen LogP contribution in [-0.2, 0) is 0 Å². The van der Waals surface area contributed by atoms with Gasteiger partial charge in [-0.05, 0) is 0 Å². The van der Waals surface area contributed by atoms with Gasteiger partial charge in [0.05, 0.1) is 10.6 Å². The van der Waals surface area contributed by atoms with Crippen molar-refractivity contribution in [1.82, 2.24) is 4.98 Å². The second-order valence-corrected chi connectivity index (χ2v) is 2.62. The van der Waals surface area contributed by atoms with Crippen LogP contribution in [0.4, 0.5) is 8.78 Å². The maximum Gasteiger partial charge on any atom is 0.269 e. The van der Waals surface area contributed by atoms with Crippen LogP contribution in [0.15, 0.2) is 11.0 Å². The van der Waals surface area contributed by atoms with Crippen LogP contribution >= 0.6 is 11.6 Å². The summed E-state index contributed by atoms with van der Waals surface area (Å²) >= 11 is 5.41. The molecule has 0 aliphatic rings. The zero-order valence-electron chi connectivity index (χ0n) is 6.18. The van der Waals surface area contributed by atoms with Crippen molar-refractivity contribution in [2.45, 2.75) is 6.43 Å². The topological polar surface area (TPSA) is 49.9 Å². The fourth-order valence-electron chi connectivity index (χ4n) is 0.872. The molecule has 1 rings (SSSR count). The molecule has 70 valence electrons. The predicted molar refractivity (Wildman–Crippen MR) is 42.4 cm³/mol. The Bertz CT molecular complexity index is 389. The Labute approximate surface area is 76.3 Å². The Morgan fingerprint density at radius 1 is 1.54 bits per heavy atom. The highest BCUT2D eigenvalue weighted by Crippen LogP contribution is 2.22. The molecule has 13 heavy (non-hydrogen) atoms. The molecule has 0 aromatic carbocycles. The molecule has 0 spiro atoms. The van der Waals surface area contributed by atoms with E-state index in [1.165, 1.54) is 0 Å². The summed E-state index contributed by atoms with van der Waals surface area (Å²) in [7, 11) is 0. The van der Waals surface area contributed by atoms with Gasteiger partial charge >= 0.3 is 0 Å². The minimum atomic E-state index is -3.01. The zero-order valence-corrected chi connectivity index (χ0v) is 6.94. The normalized spacial score (nSPS) is 10.5. The number of carbonyl (C=O) groups is 1. The van der Waals surface area contributed by atoms with Gasteiger partial charge < -0.3 is 4.98 Å². The van der Waals surface area contributed by atoms with Crippen LogP contribution in [0.5, 0.6) is 0 Å². The van der Waals surface area contributed by atoms with Crippen LogP contribution in [0.2, 0.25) is 5.02 Å². The Hall–Kier alpha value is -1.23. The number of rotatable bonds is 2. The van der Waals surface area contributed by atoms with E-state index in [0.29, 0.717) is 0 Å². The third kappa shape index (κ3) is 1.75. The number of aromatic nitrogens is 1. The van der Waals surface area contributed by atoms with Gasteiger partial charge in [-0.2, -0.15) is 0 Å². The highest BCUT2D eigenvalue weighted by atomic mass is 35.5. The predicted octanol–water partition coefficient (Wildman–Crippen LogP) is 1.78. The van der Waals surface area contributed by atoms with Gasteiger partial charge in [-0.3, -0.25) is 9.59 Å². The van der Waals surface area contributed by atoms with Gasteiger partial charge in [0.2, 0.25) is 0 Å². The third-order valence-corrected chi connectivity index (χ3v) is 1.77. The molecule has 1 aromatic rings. The first-order valence-electron chi connectivity index (χ1n) is 3.22. The van der Waals surface area contributed by atoms with Gasteiger partial charge in [-0.25, -0.2) is 8.78 Å². The monoisotopic (exact) mass is 207 g/mol. The minimum Gasteiger partial charge on any atom is -0.327 e. The van der Waals surface area contributed by atoms with E-state index in [1.54, 1.807) is 0 Å². The number of alkyl halides is 2. The van der Waals surface area contributed by atoms with Crippen molar-refractivity contribution >= 4 is 17.9 Å². The molecule has 0 saturated heterocycles. The largest absolute Gasteiger partial charge is 0.327 e. The molecule has 0 fully saturated rings. The third-order valence-electron chi connectivity index (χ3n) is 1.46. The summed E-state index contributed by atoms with van der Waals surface area (Å²) in [5.74, 6) is 0. The number of hydrogen-bond donors (Lipinski definition) is 1. The number of aldehydes is 1. The van der Waals surface area contributed by atoms with Crippen molar-refractivity contribution in [3.8, 4) is 0 Å². The fourth-order valence-corrected chi connectivity index (χ4v) is 1.07. The van der Waals surface area contributed by atoms with Crippen LogP contribution < -0.4 is 5.56 Å². The van der Waals surface area contributed by atoms with Gasteiger partial charge in [-0.1, -0.05) is 11.6 Å². The van der Waals surface area contributed by atoms with Crippen LogP contribution in [-0.4, -0.2) is 11.3 Å². The Morgan fingerprint density at radius 2 is 2.15 bits per heavy atom. The quantitative estimate of drug-likeness (QED) is 0.752. The molecule has 0 atom stereocenters. The van der Waals surface area contributed by atoms with E-state index in [4.69, 9.17) is 11.6 Å². The van der Waals surface area contributed by atoms with Crippen LogP contribution in [0.1, 0.15) is 22.3 Å². The second-order valence-electron chi connectivity index (χ2n) is 2.21. The van der Waals surface area contributed by atoms with Gasteiger partial charge in [0.15, 0.2) is 6.29 Å². The molecule has 0 radical (unpaired) electrons. The molecule has 6 heteroatoms. The zero-order chi connectivity index (χ0) is 10.0. The Balaban J connectivity index is 3.53. The molecular formula is C7H4ClF2NO2. The van der Waals surface area contributed by atoms with Crippen LogP contribution in [0.25, 0.3) is 0 Å². The average molecular weight is 208 g/mol. The lowest BCUT2D eigenvalue weighted by Crippen LogP contribution is -2.15. The summed E-state index contributed by atoms with van der Waals surface area (Å²) in [4.78, 5) is 23.2. The van der Waals surface area contributed by atoms with Gasteiger partial charge in [0, 0.05) is 11.8 Å². The first kappa shape index (κ1) is 9.85. The van der Waals surface area contributed by atoms with E-state index in [2.05, 4.69) is 0 Å². The van der Waals surface area contributed by atoms with Crippen LogP contribution in [0.3, 0.4) is 0 Å². The lowest BCUT2D eigenvalue weighted by Gasteiger charge is -2.02. The van der Waals surface area contributed by atoms with Crippen LogP contribution in [0, 0.1) is 0 Å². The van der Waals surface area contributed by atoms with Crippen molar-refractivity contribution in [1.29, 1.82) is 0 Å². The second kappa shape index (κ2) is 3.66. The highest BCUT2D eigenvalue weighted by molar-refractivity contribution is 6.32. The molecule has 0 bridgehead atoms. The highest BCUT2D eigenvalue weighted by Gasteiger charge is 2.19. The van der Waals surface area contributed by atoms with Gasteiger partial charge in [0.1, 0.15) is 0 Å². The number of hydrogen-bond acceptors (Lipinski definition) is 2. The molecule has 0 aliphatic carbocycles. The number of H-pyrrole nitrogens is 1. The van der Waals surface area contributed by atoms with Crippen molar-refractivity contribution in [3.05, 3.63) is 32.7 Å². The van der Waals surface area contributed by atoms with E-state index in [1.807, 2.05) is 4.98 Å².